The molecule has 2 atom stereocenters. The minimum atomic E-state index is 0.116. The molecule has 0 spiro atoms. The van der Waals surface area contributed by atoms with Crippen LogP contribution in [-0.4, -0.2) is 0 Å². The Morgan fingerprint density at radius 3 is 2.29 bits per heavy atom. The number of hydrogen-bond acceptors (Lipinski definition) is 2. The van der Waals surface area contributed by atoms with E-state index in [9.17, 15) is 0 Å². The van der Waals surface area contributed by atoms with Crippen molar-refractivity contribution in [2.24, 2.45) is 5.92 Å². The van der Waals surface area contributed by atoms with Crippen LogP contribution in [0.25, 0.3) is 32.9 Å². The molecule has 5 aliphatic carbocycles. The third-order valence-electron chi connectivity index (χ3n) is 12.8. The summed E-state index contributed by atoms with van der Waals surface area (Å²) >= 11 is 2.06. The summed E-state index contributed by atoms with van der Waals surface area (Å²) in [5.74, 6) is 2.97. The van der Waals surface area contributed by atoms with Crippen LogP contribution in [0.2, 0.25) is 0 Å². The topological polar surface area (TPSA) is 3.24 Å². The fourth-order valence-corrected chi connectivity index (χ4v) is 11.3. The van der Waals surface area contributed by atoms with Gasteiger partial charge in [0.05, 0.1) is 6.04 Å². The molecule has 0 N–H and O–H groups in total. The molecule has 1 nitrogen and oxygen atoms in total. The highest BCUT2D eigenvalue weighted by atomic mass is 32.1. The van der Waals surface area contributed by atoms with Crippen molar-refractivity contribution < 1.29 is 0 Å². The van der Waals surface area contributed by atoms with E-state index in [2.05, 4.69) is 151 Å². The van der Waals surface area contributed by atoms with E-state index in [1.54, 1.807) is 16.7 Å². The van der Waals surface area contributed by atoms with Gasteiger partial charge in [-0.2, -0.15) is 0 Å². The molecule has 0 radical (unpaired) electrons. The number of thiophene rings is 1. The van der Waals surface area contributed by atoms with Crippen LogP contribution >= 0.6 is 11.3 Å². The summed E-state index contributed by atoms with van der Waals surface area (Å²) in [6, 6.07) is 23.7. The Labute approximate surface area is 338 Å². The second kappa shape index (κ2) is 15.3. The smallest absolute Gasteiger partial charge is 0.0725 e. The Balaban J connectivity index is 1.10. The highest BCUT2D eigenvalue weighted by Crippen LogP contribution is 2.57. The molecule has 2 unspecified atom stereocenters. The van der Waals surface area contributed by atoms with Crippen LogP contribution in [0.4, 0.5) is 11.4 Å². The predicted octanol–water partition coefficient (Wildman–Crippen LogP) is 15.2. The molecule has 9 rings (SSSR count). The summed E-state index contributed by atoms with van der Waals surface area (Å²) in [5, 5.41) is 1.42. The zero-order chi connectivity index (χ0) is 38.2. The van der Waals surface area contributed by atoms with Crippen molar-refractivity contribution in [3.63, 3.8) is 0 Å². The van der Waals surface area contributed by atoms with Crippen LogP contribution < -0.4 is 4.90 Å². The first-order valence-corrected chi connectivity index (χ1v) is 21.6. The number of hydrogen-bond donors (Lipinski definition) is 0. The van der Waals surface area contributed by atoms with Crippen LogP contribution in [0, 0.1) is 18.3 Å². The third-order valence-corrected chi connectivity index (χ3v) is 14.1. The van der Waals surface area contributed by atoms with Crippen molar-refractivity contribution in [2.45, 2.75) is 90.0 Å². The Morgan fingerprint density at radius 2 is 1.57 bits per heavy atom. The van der Waals surface area contributed by atoms with Gasteiger partial charge in [0.1, 0.15) is 0 Å². The van der Waals surface area contributed by atoms with Crippen molar-refractivity contribution in [1.29, 1.82) is 0 Å². The quantitative estimate of drug-likeness (QED) is 0.103. The highest BCUT2D eigenvalue weighted by Gasteiger charge is 2.40. The van der Waals surface area contributed by atoms with Crippen LogP contribution in [0.5, 0.6) is 0 Å². The minimum absolute atomic E-state index is 0.116. The molecule has 0 saturated heterocycles. The first-order chi connectivity index (χ1) is 27.5. The SMILES string of the molecule is C#CC=C(C=C=CC)C1C=CC(c2ccc(N(c3ccc(C4=CCCCC=C4)cc3)C3CC=Cc4c3sc3c5c(ccc43)C(C)(C)C3=C5CCCC3)cc2)=CC1. The lowest BCUT2D eigenvalue weighted by Gasteiger charge is -2.35. The van der Waals surface area contributed by atoms with Gasteiger partial charge in [0.2, 0.25) is 0 Å². The normalized spacial score (nSPS) is 20.9. The van der Waals surface area contributed by atoms with Crippen molar-refractivity contribution in [3.8, 4) is 12.3 Å². The van der Waals surface area contributed by atoms with Gasteiger partial charge in [-0.05, 0) is 157 Å². The van der Waals surface area contributed by atoms with Crippen LogP contribution in [0.15, 0.2) is 138 Å². The highest BCUT2D eigenvalue weighted by molar-refractivity contribution is 7.19. The number of fused-ring (bicyclic) bond motifs is 6. The van der Waals surface area contributed by atoms with E-state index < -0.39 is 0 Å². The van der Waals surface area contributed by atoms with Gasteiger partial charge < -0.3 is 4.90 Å². The summed E-state index contributed by atoms with van der Waals surface area (Å²) < 4.78 is 1.50. The van der Waals surface area contributed by atoms with Crippen LogP contribution in [-0.2, 0) is 5.41 Å². The maximum absolute atomic E-state index is 5.67. The van der Waals surface area contributed by atoms with E-state index in [1.807, 2.05) is 25.2 Å². The second-order valence-electron chi connectivity index (χ2n) is 16.4. The number of benzene rings is 3. The molecule has 0 fully saturated rings. The van der Waals surface area contributed by atoms with Gasteiger partial charge in [0.25, 0.3) is 0 Å². The molecule has 4 aromatic rings. The van der Waals surface area contributed by atoms with E-state index in [0.717, 1.165) is 31.3 Å². The molecule has 1 aromatic heterocycles. The molecule has 3 aromatic carbocycles. The lowest BCUT2D eigenvalue weighted by atomic mass is 9.77. The van der Waals surface area contributed by atoms with Gasteiger partial charge in [0, 0.05) is 37.7 Å². The Morgan fingerprint density at radius 1 is 0.821 bits per heavy atom. The molecular formula is C54H51NS. The fourth-order valence-electron chi connectivity index (χ4n) is 9.85. The number of terminal acetylenes is 1. The van der Waals surface area contributed by atoms with Crippen LogP contribution in [0.3, 0.4) is 0 Å². The molecule has 56 heavy (non-hydrogen) atoms. The van der Waals surface area contributed by atoms with Crippen LogP contribution in [0.1, 0.15) is 117 Å². The monoisotopic (exact) mass is 745 g/mol. The molecule has 0 bridgehead atoms. The molecule has 1 heterocycles. The number of nitrogens with zero attached hydrogens (tertiary/aromatic N) is 1. The number of rotatable bonds is 7. The lowest BCUT2D eigenvalue weighted by molar-refractivity contribution is 0.574. The van der Waals surface area contributed by atoms with Gasteiger partial charge in [-0.3, -0.25) is 0 Å². The fraction of sp³-hybridized carbons (Fsp3) is 0.278. The summed E-state index contributed by atoms with van der Waals surface area (Å²) in [6.45, 7) is 6.91. The zero-order valence-electron chi connectivity index (χ0n) is 33.1. The summed E-state index contributed by atoms with van der Waals surface area (Å²) in [5.41, 5.74) is 19.9. The number of anilines is 2. The average molecular weight is 746 g/mol. The lowest BCUT2D eigenvalue weighted by Crippen LogP contribution is -2.24. The Hall–Kier alpha value is -5.32. The molecule has 278 valence electrons. The Bertz CT molecular complexity index is 2520. The van der Waals surface area contributed by atoms with Gasteiger partial charge in [-0.15, -0.1) is 23.5 Å². The van der Waals surface area contributed by atoms with Crippen molar-refractivity contribution in [1.82, 2.24) is 0 Å². The minimum Gasteiger partial charge on any atom is -0.333 e. The third kappa shape index (κ3) is 6.48. The first kappa shape index (κ1) is 36.3. The van der Waals surface area contributed by atoms with Crippen molar-refractivity contribution in [2.75, 3.05) is 4.90 Å². The largest absolute Gasteiger partial charge is 0.333 e. The van der Waals surface area contributed by atoms with E-state index >= 15 is 0 Å². The Kier molecular flexibility index (Phi) is 9.93. The predicted molar refractivity (Wildman–Crippen MR) is 243 cm³/mol. The molecule has 0 amide bonds. The van der Waals surface area contributed by atoms with E-state index in [4.69, 9.17) is 6.42 Å². The summed E-state index contributed by atoms with van der Waals surface area (Å²) in [7, 11) is 0. The van der Waals surface area contributed by atoms with E-state index in [-0.39, 0.29) is 17.4 Å². The van der Waals surface area contributed by atoms with Gasteiger partial charge in [-0.25, -0.2) is 0 Å². The average Bonchev–Trinajstić information content (AvgIpc) is 3.57. The van der Waals surface area contributed by atoms with Crippen molar-refractivity contribution in [3.05, 3.63) is 171 Å². The summed E-state index contributed by atoms with van der Waals surface area (Å²) in [4.78, 5) is 4.09. The van der Waals surface area contributed by atoms with E-state index in [0.29, 0.717) is 0 Å². The van der Waals surface area contributed by atoms with Gasteiger partial charge in [0.15, 0.2) is 0 Å². The second-order valence-corrected chi connectivity index (χ2v) is 17.5. The molecule has 0 aliphatic heterocycles. The molecule has 0 saturated carbocycles. The van der Waals surface area contributed by atoms with Crippen molar-refractivity contribution >= 4 is 55.6 Å². The standard InChI is InChI=1S/C54H51NS/c1-5-7-16-37(15-6-2)39-23-25-40(26-24-39)42-29-33-44(34-30-42)55(43-31-27-41(28-32-43)38-17-10-8-9-11-18-38)50-22-14-20-45-46-35-36-49-51(53(46)56-52(45)50)47-19-12-13-21-48(47)54(49,3)4/h2,5,10,14-18,20,23,25-36,39,50H,8-9,11-13,19,21-22,24H2,1,3-4H3. The maximum Gasteiger partial charge on any atom is 0.0725 e. The summed E-state index contributed by atoms with van der Waals surface area (Å²) in [6.07, 6.45) is 40.7. The van der Waals surface area contributed by atoms with E-state index in [1.165, 1.54) is 91.8 Å². The maximum atomic E-state index is 5.67. The van der Waals surface area contributed by atoms with Gasteiger partial charge in [-0.1, -0.05) is 110 Å². The molecular weight excluding hydrogens is 695 g/mol. The van der Waals surface area contributed by atoms with Gasteiger partial charge >= 0.3 is 0 Å². The molecule has 5 aliphatic rings. The first-order valence-electron chi connectivity index (χ1n) is 20.7. The number of allylic oxidation sites excluding steroid dienone is 13. The molecule has 2 heteroatoms. The zero-order valence-corrected chi connectivity index (χ0v) is 33.9.